The van der Waals surface area contributed by atoms with Gasteiger partial charge in [-0.05, 0) is 77.7 Å². The van der Waals surface area contributed by atoms with Gasteiger partial charge in [0.25, 0.3) is 0 Å². The molecule has 0 aliphatic carbocycles. The summed E-state index contributed by atoms with van der Waals surface area (Å²) >= 11 is 0. The van der Waals surface area contributed by atoms with Crippen molar-refractivity contribution in [3.05, 3.63) is 0 Å². The zero-order chi connectivity index (χ0) is 20.1. The van der Waals surface area contributed by atoms with Crippen molar-refractivity contribution < 1.29 is 0 Å². The fourth-order valence-corrected chi connectivity index (χ4v) is 5.88. The molecule has 1 spiro atoms. The van der Waals surface area contributed by atoms with Gasteiger partial charge in [0.2, 0.25) is 0 Å². The molecule has 6 heteroatoms. The minimum Gasteiger partial charge on any atom is -0.317 e. The van der Waals surface area contributed by atoms with Crippen LogP contribution in [0.25, 0.3) is 0 Å². The Kier molecular flexibility index (Phi) is 7.87. The Bertz CT molecular complexity index is 476. The predicted octanol–water partition coefficient (Wildman–Crippen LogP) is 0.513. The number of likely N-dealkylation sites (N-methyl/N-ethyl adjacent to an activating group) is 1. The molecule has 0 radical (unpaired) electrons. The van der Waals surface area contributed by atoms with E-state index in [4.69, 9.17) is 0 Å². The molecular weight excluding hydrogens is 360 g/mol. The molecule has 3 N–H and O–H groups in total. The summed E-state index contributed by atoms with van der Waals surface area (Å²) in [6.07, 6.45) is 5.53. The van der Waals surface area contributed by atoms with Crippen LogP contribution < -0.4 is 16.0 Å². The summed E-state index contributed by atoms with van der Waals surface area (Å²) in [7, 11) is 2.22. The van der Waals surface area contributed by atoms with Gasteiger partial charge >= 0.3 is 0 Å². The normalized spacial score (nSPS) is 32.3. The molecule has 6 nitrogen and oxygen atoms in total. The Hall–Kier alpha value is -0.240. The maximum Gasteiger partial charge on any atom is 0.0232 e. The van der Waals surface area contributed by atoms with Crippen LogP contribution in [0.1, 0.15) is 32.6 Å². The van der Waals surface area contributed by atoms with Gasteiger partial charge in [-0.3, -0.25) is 4.90 Å². The summed E-state index contributed by atoms with van der Waals surface area (Å²) in [6, 6.07) is 0.827. The van der Waals surface area contributed by atoms with Crippen LogP contribution >= 0.6 is 0 Å². The molecule has 5 aliphatic rings. The fraction of sp³-hybridized carbons (Fsp3) is 1.00. The first-order chi connectivity index (χ1) is 14.1. The second kappa shape index (κ2) is 10.4. The van der Waals surface area contributed by atoms with E-state index in [1.165, 1.54) is 111 Å². The van der Waals surface area contributed by atoms with E-state index in [-0.39, 0.29) is 0 Å². The van der Waals surface area contributed by atoms with Crippen molar-refractivity contribution in [2.24, 2.45) is 17.3 Å². The van der Waals surface area contributed by atoms with Crippen LogP contribution in [0.3, 0.4) is 0 Å². The van der Waals surface area contributed by atoms with Crippen LogP contribution in [-0.2, 0) is 0 Å². The van der Waals surface area contributed by atoms with Crippen LogP contribution in [0, 0.1) is 17.3 Å². The first kappa shape index (κ1) is 22.0. The minimum atomic E-state index is 0.674. The first-order valence-electron chi connectivity index (χ1n) is 12.4. The number of hydrogen-bond donors (Lipinski definition) is 3. The molecule has 1 unspecified atom stereocenters. The maximum absolute atomic E-state index is 3.45. The number of nitrogens with one attached hydrogen (secondary N) is 3. The van der Waals surface area contributed by atoms with E-state index in [0.717, 1.165) is 17.9 Å². The Morgan fingerprint density at radius 2 is 1.31 bits per heavy atom. The van der Waals surface area contributed by atoms with Gasteiger partial charge in [-0.1, -0.05) is 0 Å². The van der Waals surface area contributed by atoms with Gasteiger partial charge in [0.15, 0.2) is 0 Å². The van der Waals surface area contributed by atoms with Crippen LogP contribution in [0.2, 0.25) is 0 Å². The van der Waals surface area contributed by atoms with E-state index in [9.17, 15) is 0 Å². The summed E-state index contributed by atoms with van der Waals surface area (Å²) in [5, 5.41) is 10.3. The average molecular weight is 407 g/mol. The van der Waals surface area contributed by atoms with Gasteiger partial charge in [0.05, 0.1) is 0 Å². The van der Waals surface area contributed by atoms with E-state index in [1.54, 1.807) is 0 Å². The molecule has 5 heterocycles. The molecule has 0 bridgehead atoms. The lowest BCUT2D eigenvalue weighted by Crippen LogP contribution is -2.76. The second-order valence-electron chi connectivity index (χ2n) is 10.6. The monoisotopic (exact) mass is 406 g/mol. The topological polar surface area (TPSA) is 45.8 Å². The summed E-state index contributed by atoms with van der Waals surface area (Å²) in [5.74, 6) is 1.92. The van der Waals surface area contributed by atoms with Gasteiger partial charge in [-0.25, -0.2) is 0 Å². The molecule has 0 aromatic rings. The number of piperazine rings is 1. The van der Waals surface area contributed by atoms with Crippen molar-refractivity contribution in [2.45, 2.75) is 38.6 Å². The van der Waals surface area contributed by atoms with Crippen LogP contribution in [0.4, 0.5) is 0 Å². The van der Waals surface area contributed by atoms with Gasteiger partial charge in [-0.15, -0.1) is 0 Å². The van der Waals surface area contributed by atoms with Crippen LogP contribution in [0.15, 0.2) is 0 Å². The molecule has 5 fully saturated rings. The fourth-order valence-electron chi connectivity index (χ4n) is 5.88. The highest BCUT2D eigenvalue weighted by Gasteiger charge is 2.53. The first-order valence-corrected chi connectivity index (χ1v) is 12.4. The third-order valence-corrected chi connectivity index (χ3v) is 8.43. The predicted molar refractivity (Wildman–Crippen MR) is 121 cm³/mol. The van der Waals surface area contributed by atoms with Crippen molar-refractivity contribution in [2.75, 3.05) is 92.1 Å². The average Bonchev–Trinajstić information content (AvgIpc) is 2.73. The van der Waals surface area contributed by atoms with Crippen molar-refractivity contribution in [3.8, 4) is 0 Å². The molecule has 5 saturated heterocycles. The van der Waals surface area contributed by atoms with Gasteiger partial charge in [0.1, 0.15) is 0 Å². The van der Waals surface area contributed by atoms with Gasteiger partial charge in [-0.2, -0.15) is 0 Å². The molecule has 0 amide bonds. The molecule has 29 heavy (non-hydrogen) atoms. The number of piperidine rings is 2. The Balaban J connectivity index is 0.000000142. The molecule has 0 saturated carbocycles. The molecule has 168 valence electrons. The Morgan fingerprint density at radius 1 is 0.759 bits per heavy atom. The zero-order valence-corrected chi connectivity index (χ0v) is 19.1. The zero-order valence-electron chi connectivity index (χ0n) is 19.1. The quantitative estimate of drug-likeness (QED) is 0.633. The smallest absolute Gasteiger partial charge is 0.0232 e. The van der Waals surface area contributed by atoms with E-state index in [2.05, 4.69) is 44.6 Å². The Morgan fingerprint density at radius 3 is 1.79 bits per heavy atom. The van der Waals surface area contributed by atoms with E-state index >= 15 is 0 Å². The SMILES string of the molecule is CC1N(CC2CCNCC2)CC12CNC2.CN1CCN(CC2CCNCC2)CC1. The maximum atomic E-state index is 3.45. The molecule has 5 rings (SSSR count). The third-order valence-electron chi connectivity index (χ3n) is 8.43. The second-order valence-corrected chi connectivity index (χ2v) is 10.6. The van der Waals surface area contributed by atoms with Gasteiger partial charge < -0.3 is 25.8 Å². The van der Waals surface area contributed by atoms with Crippen molar-refractivity contribution in [1.29, 1.82) is 0 Å². The minimum absolute atomic E-state index is 0.674. The summed E-state index contributed by atoms with van der Waals surface area (Å²) in [4.78, 5) is 7.78. The summed E-state index contributed by atoms with van der Waals surface area (Å²) in [5.41, 5.74) is 0.674. The molecule has 1 atom stereocenters. The van der Waals surface area contributed by atoms with E-state index in [1.807, 2.05) is 0 Å². The molecule has 0 aromatic heterocycles. The molecule has 5 aliphatic heterocycles. The van der Waals surface area contributed by atoms with Crippen molar-refractivity contribution in [3.63, 3.8) is 0 Å². The largest absolute Gasteiger partial charge is 0.317 e. The van der Waals surface area contributed by atoms with Crippen molar-refractivity contribution in [1.82, 2.24) is 30.7 Å². The van der Waals surface area contributed by atoms with Crippen molar-refractivity contribution >= 4 is 0 Å². The molecular formula is C23H46N6. The standard InChI is InChI=1S/C12H23N3.C11H23N3/c1-10-12(7-14-8-12)9-15(10)6-11-2-4-13-5-3-11;1-13-6-8-14(9-7-13)10-11-2-4-12-5-3-11/h10-11,13-14H,2-9H2,1H3;11-12H,2-10H2,1H3. The third kappa shape index (κ3) is 5.72. The number of rotatable bonds is 4. The molecule has 0 aromatic carbocycles. The summed E-state index contributed by atoms with van der Waals surface area (Å²) in [6.45, 7) is 19.0. The lowest BCUT2D eigenvalue weighted by Gasteiger charge is -2.62. The number of nitrogens with zero attached hydrogens (tertiary/aromatic N) is 3. The number of likely N-dealkylation sites (tertiary alicyclic amines) is 1. The lowest BCUT2D eigenvalue weighted by atomic mass is 9.67. The highest BCUT2D eigenvalue weighted by Crippen LogP contribution is 2.41. The van der Waals surface area contributed by atoms with E-state index < -0.39 is 0 Å². The van der Waals surface area contributed by atoms with Crippen LogP contribution in [0.5, 0.6) is 0 Å². The highest BCUT2D eigenvalue weighted by molar-refractivity contribution is 5.09. The Labute approximate surface area is 179 Å². The van der Waals surface area contributed by atoms with E-state index in [0.29, 0.717) is 5.41 Å². The number of hydrogen-bond acceptors (Lipinski definition) is 6. The summed E-state index contributed by atoms with van der Waals surface area (Å²) < 4.78 is 0. The lowest BCUT2D eigenvalue weighted by molar-refractivity contribution is -0.105. The van der Waals surface area contributed by atoms with Gasteiger partial charge in [0, 0.05) is 70.4 Å². The highest BCUT2D eigenvalue weighted by atomic mass is 15.3. The van der Waals surface area contributed by atoms with Crippen LogP contribution in [-0.4, -0.2) is 113 Å².